The number of carbonyl (C=O) groups is 1. The van der Waals surface area contributed by atoms with Crippen LogP contribution in [0.15, 0.2) is 46.3 Å². The first kappa shape index (κ1) is 18.7. The Balaban J connectivity index is 1.39. The second kappa shape index (κ2) is 8.16. The number of amides is 1. The van der Waals surface area contributed by atoms with Gasteiger partial charge in [0, 0.05) is 30.3 Å². The zero-order chi connectivity index (χ0) is 19.5. The molecule has 2 N–H and O–H groups in total. The molecule has 0 saturated carbocycles. The lowest BCUT2D eigenvalue weighted by Crippen LogP contribution is -2.27. The van der Waals surface area contributed by atoms with Gasteiger partial charge in [-0.25, -0.2) is 0 Å². The van der Waals surface area contributed by atoms with Gasteiger partial charge in [0.25, 0.3) is 5.91 Å². The van der Waals surface area contributed by atoms with Crippen molar-refractivity contribution in [1.29, 1.82) is 5.41 Å². The standard InChI is InChI=1S/C20H19ClN4O2S/c21-16-7-10-28-18(16)20(26)23-12-15-11-17(27-24-15)13-3-5-14(6-4-13)19(22)25-8-1-2-9-25/h3-7,10-11,22H,1-2,8-9,12H2,(H,23,26). The second-order valence-corrected chi connectivity index (χ2v) is 7.91. The number of benzene rings is 1. The number of thiophene rings is 1. The minimum Gasteiger partial charge on any atom is -0.357 e. The van der Waals surface area contributed by atoms with Crippen molar-refractivity contribution in [1.82, 2.24) is 15.4 Å². The molecular weight excluding hydrogens is 396 g/mol. The number of hydrogen-bond donors (Lipinski definition) is 2. The third kappa shape index (κ3) is 3.95. The first-order chi connectivity index (χ1) is 13.6. The van der Waals surface area contributed by atoms with Crippen LogP contribution in [-0.4, -0.2) is 34.9 Å². The van der Waals surface area contributed by atoms with Crippen LogP contribution in [0, 0.1) is 5.41 Å². The SMILES string of the molecule is N=C(c1ccc(-c2cc(CNC(=O)c3sccc3Cl)no2)cc1)N1CCCC1. The predicted octanol–water partition coefficient (Wildman–Crippen LogP) is 4.41. The van der Waals surface area contributed by atoms with E-state index >= 15 is 0 Å². The summed E-state index contributed by atoms with van der Waals surface area (Å²) in [4.78, 5) is 14.7. The summed E-state index contributed by atoms with van der Waals surface area (Å²) >= 11 is 7.27. The maximum atomic E-state index is 12.1. The van der Waals surface area contributed by atoms with E-state index < -0.39 is 0 Å². The second-order valence-electron chi connectivity index (χ2n) is 6.58. The molecule has 1 amide bonds. The molecule has 0 unspecified atom stereocenters. The molecule has 0 radical (unpaired) electrons. The molecule has 1 aliphatic rings. The quantitative estimate of drug-likeness (QED) is 0.478. The number of hydrogen-bond acceptors (Lipinski definition) is 5. The van der Waals surface area contributed by atoms with Crippen LogP contribution in [0.4, 0.5) is 0 Å². The fourth-order valence-electron chi connectivity index (χ4n) is 3.15. The van der Waals surface area contributed by atoms with Crippen molar-refractivity contribution in [3.8, 4) is 11.3 Å². The molecule has 1 aromatic carbocycles. The Hall–Kier alpha value is -2.64. The monoisotopic (exact) mass is 414 g/mol. The number of nitrogens with one attached hydrogen (secondary N) is 2. The molecule has 2 aromatic heterocycles. The summed E-state index contributed by atoms with van der Waals surface area (Å²) in [5, 5.41) is 17.4. The zero-order valence-electron chi connectivity index (χ0n) is 15.1. The fourth-order valence-corrected chi connectivity index (χ4v) is 4.21. The van der Waals surface area contributed by atoms with E-state index in [9.17, 15) is 4.79 Å². The summed E-state index contributed by atoms with van der Waals surface area (Å²) < 4.78 is 5.41. The summed E-state index contributed by atoms with van der Waals surface area (Å²) in [5.74, 6) is 0.962. The van der Waals surface area contributed by atoms with Gasteiger partial charge in [0.2, 0.25) is 0 Å². The molecule has 0 bridgehead atoms. The molecule has 28 heavy (non-hydrogen) atoms. The predicted molar refractivity (Wildman–Crippen MR) is 110 cm³/mol. The number of amidine groups is 1. The van der Waals surface area contributed by atoms with Crippen LogP contribution in [0.3, 0.4) is 0 Å². The molecule has 6 nitrogen and oxygen atoms in total. The van der Waals surface area contributed by atoms with E-state index in [4.69, 9.17) is 21.5 Å². The molecule has 3 aromatic rings. The topological polar surface area (TPSA) is 82.2 Å². The lowest BCUT2D eigenvalue weighted by atomic mass is 10.1. The Kier molecular flexibility index (Phi) is 5.45. The maximum Gasteiger partial charge on any atom is 0.263 e. The minimum atomic E-state index is -0.227. The lowest BCUT2D eigenvalue weighted by Gasteiger charge is -2.18. The van der Waals surface area contributed by atoms with Crippen LogP contribution < -0.4 is 5.32 Å². The van der Waals surface area contributed by atoms with Crippen LogP contribution in [-0.2, 0) is 6.54 Å². The summed E-state index contributed by atoms with van der Waals surface area (Å²) in [5.41, 5.74) is 2.40. The van der Waals surface area contributed by atoms with Crippen molar-refractivity contribution in [2.75, 3.05) is 13.1 Å². The molecule has 4 rings (SSSR count). The van der Waals surface area contributed by atoms with Crippen LogP contribution in [0.5, 0.6) is 0 Å². The van der Waals surface area contributed by atoms with Gasteiger partial charge in [-0.2, -0.15) is 0 Å². The summed E-state index contributed by atoms with van der Waals surface area (Å²) in [7, 11) is 0. The van der Waals surface area contributed by atoms with Gasteiger partial charge >= 0.3 is 0 Å². The highest BCUT2D eigenvalue weighted by Gasteiger charge is 2.17. The van der Waals surface area contributed by atoms with Crippen LogP contribution >= 0.6 is 22.9 Å². The highest BCUT2D eigenvalue weighted by atomic mass is 35.5. The number of halogens is 1. The molecule has 0 atom stereocenters. The first-order valence-corrected chi connectivity index (χ1v) is 10.3. The number of nitrogens with zero attached hydrogens (tertiary/aromatic N) is 2. The number of likely N-dealkylation sites (tertiary alicyclic amines) is 1. The lowest BCUT2D eigenvalue weighted by molar-refractivity contribution is 0.0954. The molecule has 1 fully saturated rings. The third-order valence-electron chi connectivity index (χ3n) is 4.68. The molecule has 0 aliphatic carbocycles. The summed E-state index contributed by atoms with van der Waals surface area (Å²) in [6, 6.07) is 11.2. The van der Waals surface area contributed by atoms with Gasteiger partial charge in [-0.05, 0) is 24.3 Å². The van der Waals surface area contributed by atoms with Crippen molar-refractivity contribution < 1.29 is 9.32 Å². The summed E-state index contributed by atoms with van der Waals surface area (Å²) in [6.45, 7) is 2.16. The number of aromatic nitrogens is 1. The van der Waals surface area contributed by atoms with Crippen molar-refractivity contribution in [2.45, 2.75) is 19.4 Å². The van der Waals surface area contributed by atoms with E-state index in [0.29, 0.717) is 27.2 Å². The Morgan fingerprint density at radius 3 is 2.68 bits per heavy atom. The van der Waals surface area contributed by atoms with Crippen LogP contribution in [0.1, 0.15) is 33.8 Å². The Labute approximate surface area is 171 Å². The molecule has 0 spiro atoms. The highest BCUT2D eigenvalue weighted by molar-refractivity contribution is 7.12. The van der Waals surface area contributed by atoms with Crippen molar-refractivity contribution in [2.24, 2.45) is 0 Å². The fraction of sp³-hybridized carbons (Fsp3) is 0.250. The van der Waals surface area contributed by atoms with Gasteiger partial charge in [0.15, 0.2) is 5.76 Å². The normalized spacial score (nSPS) is 13.7. The maximum absolute atomic E-state index is 12.1. The van der Waals surface area contributed by atoms with Crippen LogP contribution in [0.25, 0.3) is 11.3 Å². The van der Waals surface area contributed by atoms with Crippen molar-refractivity contribution in [3.05, 3.63) is 62.9 Å². The Morgan fingerprint density at radius 1 is 1.25 bits per heavy atom. The zero-order valence-corrected chi connectivity index (χ0v) is 16.6. The summed E-state index contributed by atoms with van der Waals surface area (Å²) in [6.07, 6.45) is 2.30. The van der Waals surface area contributed by atoms with E-state index in [1.165, 1.54) is 11.3 Å². The highest BCUT2D eigenvalue weighted by Crippen LogP contribution is 2.23. The molecule has 8 heteroatoms. The van der Waals surface area contributed by atoms with E-state index in [0.717, 1.165) is 37.1 Å². The molecular formula is C20H19ClN4O2S. The smallest absolute Gasteiger partial charge is 0.263 e. The number of rotatable bonds is 5. The van der Waals surface area contributed by atoms with Gasteiger partial charge in [-0.15, -0.1) is 11.3 Å². The van der Waals surface area contributed by atoms with Crippen molar-refractivity contribution in [3.63, 3.8) is 0 Å². The Bertz CT molecular complexity index is 990. The molecule has 144 valence electrons. The van der Waals surface area contributed by atoms with Crippen molar-refractivity contribution >= 4 is 34.7 Å². The largest absolute Gasteiger partial charge is 0.357 e. The number of carbonyl (C=O) groups excluding carboxylic acids is 1. The minimum absolute atomic E-state index is 0.227. The van der Waals surface area contributed by atoms with E-state index in [-0.39, 0.29) is 12.5 Å². The van der Waals surface area contributed by atoms with Gasteiger partial charge < -0.3 is 14.7 Å². The average Bonchev–Trinajstić information content (AvgIpc) is 3.47. The first-order valence-electron chi connectivity index (χ1n) is 9.03. The van der Waals surface area contributed by atoms with E-state index in [1.54, 1.807) is 17.5 Å². The molecule has 3 heterocycles. The van der Waals surface area contributed by atoms with Gasteiger partial charge in [0.1, 0.15) is 16.4 Å². The van der Waals surface area contributed by atoms with Gasteiger partial charge in [0.05, 0.1) is 11.6 Å². The van der Waals surface area contributed by atoms with E-state index in [2.05, 4.69) is 15.4 Å². The molecule has 1 saturated heterocycles. The molecule has 1 aliphatic heterocycles. The van der Waals surface area contributed by atoms with Gasteiger partial charge in [-0.1, -0.05) is 41.0 Å². The van der Waals surface area contributed by atoms with E-state index in [1.807, 2.05) is 24.3 Å². The van der Waals surface area contributed by atoms with Gasteiger partial charge in [-0.3, -0.25) is 10.2 Å². The average molecular weight is 415 g/mol. The Morgan fingerprint density at radius 2 is 2.00 bits per heavy atom. The van der Waals surface area contributed by atoms with Crippen LogP contribution in [0.2, 0.25) is 5.02 Å². The third-order valence-corrected chi connectivity index (χ3v) is 6.02.